The van der Waals surface area contributed by atoms with Crippen LogP contribution in [0, 0.1) is 13.8 Å². The first kappa shape index (κ1) is 13.7. The van der Waals surface area contributed by atoms with Crippen LogP contribution in [0.25, 0.3) is 0 Å². The molecule has 2 aromatic heterocycles. The molecule has 0 aliphatic heterocycles. The maximum absolute atomic E-state index is 12.1. The van der Waals surface area contributed by atoms with Gasteiger partial charge >= 0.3 is 0 Å². The molecule has 19 heavy (non-hydrogen) atoms. The third-order valence-corrected chi connectivity index (χ3v) is 4.05. The zero-order valence-electron chi connectivity index (χ0n) is 11.6. The number of hydrogen-bond acceptors (Lipinski definition) is 4. The normalized spacial score (nSPS) is 12.4. The van der Waals surface area contributed by atoms with Crippen LogP contribution in [0.5, 0.6) is 0 Å². The molecule has 0 aliphatic carbocycles. The van der Waals surface area contributed by atoms with E-state index in [1.54, 1.807) is 5.51 Å². The zero-order valence-corrected chi connectivity index (χ0v) is 12.4. The van der Waals surface area contributed by atoms with Crippen LogP contribution in [0.1, 0.15) is 47.4 Å². The van der Waals surface area contributed by atoms with Crippen molar-refractivity contribution < 1.29 is 4.79 Å². The first-order valence-electron chi connectivity index (χ1n) is 6.30. The summed E-state index contributed by atoms with van der Waals surface area (Å²) in [6, 6.07) is 2.22. The molecule has 2 aromatic rings. The minimum atomic E-state index is -0.145. The predicted octanol–water partition coefficient (Wildman–Crippen LogP) is 3.18. The summed E-state index contributed by atoms with van der Waals surface area (Å²) in [6.07, 6.45) is 1.00. The fourth-order valence-electron chi connectivity index (χ4n) is 1.86. The number of nitrogens with one attached hydrogen (secondary N) is 1. The highest BCUT2D eigenvalue weighted by atomic mass is 32.1. The Bertz CT molecular complexity index is 587. The first-order valence-corrected chi connectivity index (χ1v) is 7.18. The fraction of sp³-hybridized carbons (Fsp3) is 0.462. The van der Waals surface area contributed by atoms with E-state index in [2.05, 4.69) is 29.2 Å². The number of nitrogens with zero attached hydrogens (tertiary/aromatic N) is 3. The van der Waals surface area contributed by atoms with Crippen molar-refractivity contribution in [1.29, 1.82) is 0 Å². The molecule has 102 valence electrons. The molecular formula is C13H18N4OS. The Morgan fingerprint density at radius 1 is 1.53 bits per heavy atom. The summed E-state index contributed by atoms with van der Waals surface area (Å²) >= 11 is 1.34. The second-order valence-corrected chi connectivity index (χ2v) is 5.45. The van der Waals surface area contributed by atoms with E-state index < -0.39 is 0 Å². The molecule has 0 bridgehead atoms. The average molecular weight is 278 g/mol. The van der Waals surface area contributed by atoms with Crippen LogP contribution in [-0.4, -0.2) is 20.7 Å². The number of aryl methyl sites for hydroxylation is 2. The van der Waals surface area contributed by atoms with Crippen LogP contribution in [0.2, 0.25) is 0 Å². The fourth-order valence-corrected chi connectivity index (χ4v) is 2.56. The van der Waals surface area contributed by atoms with Gasteiger partial charge in [-0.2, -0.15) is 5.10 Å². The Kier molecular flexibility index (Phi) is 3.99. The standard InChI is InChI=1S/C13H18N4OS/c1-5-8(2)17-9(3)6-11(16-17)15-13(18)12-10(4)14-7-19-12/h6-8H,5H2,1-4H3,(H,15,16,18). The smallest absolute Gasteiger partial charge is 0.268 e. The second kappa shape index (κ2) is 5.52. The molecule has 0 saturated heterocycles. The third-order valence-electron chi connectivity index (χ3n) is 3.12. The van der Waals surface area contributed by atoms with Gasteiger partial charge in [0.15, 0.2) is 5.82 Å². The van der Waals surface area contributed by atoms with Crippen LogP contribution in [0.3, 0.4) is 0 Å². The van der Waals surface area contributed by atoms with Crippen LogP contribution in [0.15, 0.2) is 11.6 Å². The minimum absolute atomic E-state index is 0.145. The van der Waals surface area contributed by atoms with Crippen molar-refractivity contribution in [2.24, 2.45) is 0 Å². The van der Waals surface area contributed by atoms with Crippen molar-refractivity contribution in [2.45, 2.75) is 40.2 Å². The zero-order chi connectivity index (χ0) is 14.0. The summed E-state index contributed by atoms with van der Waals surface area (Å²) in [5.41, 5.74) is 3.47. The number of aromatic nitrogens is 3. The Hall–Kier alpha value is -1.69. The number of amides is 1. The maximum Gasteiger partial charge on any atom is 0.268 e. The largest absolute Gasteiger partial charge is 0.304 e. The van der Waals surface area contributed by atoms with E-state index in [-0.39, 0.29) is 5.91 Å². The molecular weight excluding hydrogens is 260 g/mol. The number of thiazole rings is 1. The molecule has 0 aromatic carbocycles. The number of carbonyl (C=O) groups is 1. The quantitative estimate of drug-likeness (QED) is 0.934. The van der Waals surface area contributed by atoms with E-state index in [9.17, 15) is 4.79 Å². The first-order chi connectivity index (χ1) is 9.02. The summed E-state index contributed by atoms with van der Waals surface area (Å²) in [5.74, 6) is 0.449. The molecule has 1 amide bonds. The van der Waals surface area contributed by atoms with Crippen molar-refractivity contribution >= 4 is 23.1 Å². The van der Waals surface area contributed by atoms with Gasteiger partial charge in [0.1, 0.15) is 4.88 Å². The highest BCUT2D eigenvalue weighted by Gasteiger charge is 2.15. The van der Waals surface area contributed by atoms with E-state index in [1.807, 2.05) is 24.6 Å². The lowest BCUT2D eigenvalue weighted by Gasteiger charge is -2.10. The van der Waals surface area contributed by atoms with Crippen LogP contribution >= 0.6 is 11.3 Å². The van der Waals surface area contributed by atoms with E-state index in [0.717, 1.165) is 17.8 Å². The number of anilines is 1. The molecule has 2 heterocycles. The molecule has 1 N–H and O–H groups in total. The monoisotopic (exact) mass is 278 g/mol. The van der Waals surface area contributed by atoms with Crippen LogP contribution in [-0.2, 0) is 0 Å². The lowest BCUT2D eigenvalue weighted by molar-refractivity contribution is 0.102. The summed E-state index contributed by atoms with van der Waals surface area (Å²) in [4.78, 5) is 16.8. The molecule has 5 nitrogen and oxygen atoms in total. The van der Waals surface area contributed by atoms with Crippen LogP contribution < -0.4 is 5.32 Å². The third kappa shape index (κ3) is 2.84. The number of hydrogen-bond donors (Lipinski definition) is 1. The topological polar surface area (TPSA) is 59.8 Å². The molecule has 0 spiro atoms. The average Bonchev–Trinajstić information content (AvgIpc) is 2.94. The van der Waals surface area contributed by atoms with E-state index >= 15 is 0 Å². The van der Waals surface area contributed by atoms with Gasteiger partial charge in [0.2, 0.25) is 0 Å². The van der Waals surface area contributed by atoms with Gasteiger partial charge in [-0.3, -0.25) is 9.48 Å². The Balaban J connectivity index is 2.16. The van der Waals surface area contributed by atoms with Gasteiger partial charge < -0.3 is 5.32 Å². The van der Waals surface area contributed by atoms with Crippen molar-refractivity contribution in [3.05, 3.63) is 27.8 Å². The second-order valence-electron chi connectivity index (χ2n) is 4.59. The highest BCUT2D eigenvalue weighted by molar-refractivity contribution is 7.12. The Morgan fingerprint density at radius 3 is 2.84 bits per heavy atom. The van der Waals surface area contributed by atoms with Gasteiger partial charge in [-0.05, 0) is 27.2 Å². The predicted molar refractivity (Wildman–Crippen MR) is 76.8 cm³/mol. The Morgan fingerprint density at radius 2 is 2.26 bits per heavy atom. The van der Waals surface area contributed by atoms with Gasteiger partial charge in [-0.15, -0.1) is 11.3 Å². The summed E-state index contributed by atoms with van der Waals surface area (Å²) in [7, 11) is 0. The maximum atomic E-state index is 12.1. The molecule has 6 heteroatoms. The lowest BCUT2D eigenvalue weighted by Crippen LogP contribution is -2.13. The van der Waals surface area contributed by atoms with Crippen molar-refractivity contribution in [1.82, 2.24) is 14.8 Å². The van der Waals surface area contributed by atoms with Crippen molar-refractivity contribution in [2.75, 3.05) is 5.32 Å². The molecule has 0 fully saturated rings. The van der Waals surface area contributed by atoms with Gasteiger partial charge in [-0.1, -0.05) is 6.92 Å². The molecule has 2 rings (SSSR count). The molecule has 0 aliphatic rings. The van der Waals surface area contributed by atoms with Crippen molar-refractivity contribution in [3.63, 3.8) is 0 Å². The minimum Gasteiger partial charge on any atom is -0.304 e. The van der Waals surface area contributed by atoms with E-state index in [4.69, 9.17) is 0 Å². The highest BCUT2D eigenvalue weighted by Crippen LogP contribution is 2.18. The molecule has 1 unspecified atom stereocenters. The van der Waals surface area contributed by atoms with Gasteiger partial charge in [-0.25, -0.2) is 4.98 Å². The van der Waals surface area contributed by atoms with Gasteiger partial charge in [0.25, 0.3) is 5.91 Å². The summed E-state index contributed by atoms with van der Waals surface area (Å²) in [6.45, 7) is 8.05. The van der Waals surface area contributed by atoms with Crippen molar-refractivity contribution in [3.8, 4) is 0 Å². The SMILES string of the molecule is CCC(C)n1nc(NC(=O)c2scnc2C)cc1C. The summed E-state index contributed by atoms with van der Waals surface area (Å²) < 4.78 is 1.94. The number of rotatable bonds is 4. The van der Waals surface area contributed by atoms with E-state index in [0.29, 0.717) is 16.7 Å². The van der Waals surface area contributed by atoms with Gasteiger partial charge in [0.05, 0.1) is 11.2 Å². The molecule has 0 radical (unpaired) electrons. The molecule has 0 saturated carbocycles. The summed E-state index contributed by atoms with van der Waals surface area (Å²) in [5, 5.41) is 7.25. The van der Waals surface area contributed by atoms with Gasteiger partial charge in [0, 0.05) is 17.8 Å². The Labute approximate surface area is 116 Å². The molecule has 1 atom stereocenters. The lowest BCUT2D eigenvalue weighted by atomic mass is 10.2. The number of carbonyl (C=O) groups excluding carboxylic acids is 1. The van der Waals surface area contributed by atoms with E-state index in [1.165, 1.54) is 11.3 Å². The van der Waals surface area contributed by atoms with Crippen LogP contribution in [0.4, 0.5) is 5.82 Å².